The van der Waals surface area contributed by atoms with Gasteiger partial charge in [0.25, 0.3) is 5.92 Å². The summed E-state index contributed by atoms with van der Waals surface area (Å²) < 4.78 is 34.9. The molecule has 1 fully saturated rings. The first kappa shape index (κ1) is 25.9. The molecule has 202 valence electrons. The number of nitrogens with one attached hydrogen (secondary N) is 2. The number of alkyl halides is 2. The lowest BCUT2D eigenvalue weighted by atomic mass is 10.1. The molecule has 3 heterocycles. The summed E-state index contributed by atoms with van der Waals surface area (Å²) in [5, 5.41) is 10.6. The number of para-hydroxylation sites is 1. The van der Waals surface area contributed by atoms with Gasteiger partial charge in [-0.15, -0.1) is 0 Å². The van der Waals surface area contributed by atoms with Crippen LogP contribution in [0.2, 0.25) is 0 Å². The summed E-state index contributed by atoms with van der Waals surface area (Å²) in [6, 6.07) is 8.56. The van der Waals surface area contributed by atoms with Gasteiger partial charge in [0.05, 0.1) is 29.6 Å². The molecule has 0 amide bonds. The zero-order valence-electron chi connectivity index (χ0n) is 21.5. The molecule has 1 atom stereocenters. The summed E-state index contributed by atoms with van der Waals surface area (Å²) in [6.45, 7) is 1.66. The Morgan fingerprint density at radius 2 is 1.97 bits per heavy atom. The first-order chi connectivity index (χ1) is 18.7. The van der Waals surface area contributed by atoms with E-state index in [9.17, 15) is 18.4 Å². The van der Waals surface area contributed by atoms with Gasteiger partial charge in [-0.05, 0) is 18.2 Å². The topological polar surface area (TPSA) is 129 Å². The number of halogens is 2. The summed E-state index contributed by atoms with van der Waals surface area (Å²) in [4.78, 5) is 37.6. The number of aryl methyl sites for hydroxylation is 1. The van der Waals surface area contributed by atoms with Crippen LogP contribution < -0.4 is 21.1 Å². The van der Waals surface area contributed by atoms with Crippen LogP contribution in [0.5, 0.6) is 5.75 Å². The molecule has 1 aliphatic carbocycles. The van der Waals surface area contributed by atoms with Crippen molar-refractivity contribution < 1.29 is 18.3 Å². The number of carbonyl (C=O) groups is 1. The standard InChI is InChI=1S/C26H26F2N8O3/c1-4-20(37)17-12-29-22(32-21-8-9-36(25(38)33-21)13-15-11-26(15,27)28)10-19(17)31-18-7-5-6-16(23(18)39-3)24-30-14-35(2)34-24/h5-10,12,14-15H,4,11,13H2,1-3H3,(H2,29,31,32,33,38). The normalized spacial score (nSPS) is 15.6. The Morgan fingerprint density at radius 3 is 2.62 bits per heavy atom. The SMILES string of the molecule is CCC(=O)c1cnc(Nc2ccn(CC3CC3(F)F)c(=O)n2)cc1Nc1cccc(-c2ncn(C)n2)c1OC. The maximum atomic E-state index is 13.2. The number of nitrogens with zero attached hydrogens (tertiary/aromatic N) is 6. The predicted octanol–water partition coefficient (Wildman–Crippen LogP) is 4.18. The minimum Gasteiger partial charge on any atom is -0.494 e. The van der Waals surface area contributed by atoms with E-state index in [0.29, 0.717) is 39.9 Å². The van der Waals surface area contributed by atoms with Gasteiger partial charge in [0.1, 0.15) is 18.0 Å². The Balaban J connectivity index is 1.44. The summed E-state index contributed by atoms with van der Waals surface area (Å²) in [5.41, 5.74) is 1.40. The fourth-order valence-corrected chi connectivity index (χ4v) is 4.15. The minimum atomic E-state index is -2.72. The molecule has 5 rings (SSSR count). The Hall–Kier alpha value is -4.68. The van der Waals surface area contributed by atoms with Crippen molar-refractivity contribution in [3.05, 3.63) is 65.1 Å². The largest absolute Gasteiger partial charge is 0.494 e. The van der Waals surface area contributed by atoms with Gasteiger partial charge >= 0.3 is 5.69 Å². The van der Waals surface area contributed by atoms with E-state index in [-0.39, 0.29) is 31.0 Å². The van der Waals surface area contributed by atoms with Gasteiger partial charge in [0.15, 0.2) is 17.4 Å². The monoisotopic (exact) mass is 536 g/mol. The van der Waals surface area contributed by atoms with Gasteiger partial charge < -0.3 is 15.4 Å². The van der Waals surface area contributed by atoms with Gasteiger partial charge in [-0.25, -0.2) is 23.5 Å². The number of anilines is 4. The average Bonchev–Trinajstić information content (AvgIpc) is 3.28. The third-order valence-electron chi connectivity index (χ3n) is 6.36. The second-order valence-corrected chi connectivity index (χ2v) is 9.18. The van der Waals surface area contributed by atoms with Crippen LogP contribution in [0.15, 0.2) is 53.8 Å². The molecule has 1 aliphatic rings. The number of Topliss-reactive ketones (excluding diaryl/α,β-unsaturated/α-hetero) is 1. The van der Waals surface area contributed by atoms with E-state index < -0.39 is 17.5 Å². The number of carbonyl (C=O) groups excluding carboxylic acids is 1. The lowest BCUT2D eigenvalue weighted by Gasteiger charge is -2.17. The van der Waals surface area contributed by atoms with Gasteiger partial charge in [-0.1, -0.05) is 13.0 Å². The van der Waals surface area contributed by atoms with E-state index in [4.69, 9.17) is 4.74 Å². The summed E-state index contributed by atoms with van der Waals surface area (Å²) in [6.07, 6.45) is 4.47. The minimum absolute atomic E-state index is 0.0891. The molecule has 1 unspecified atom stereocenters. The smallest absolute Gasteiger partial charge is 0.349 e. The Morgan fingerprint density at radius 1 is 1.18 bits per heavy atom. The number of ketones is 1. The van der Waals surface area contributed by atoms with Crippen molar-refractivity contribution in [1.29, 1.82) is 0 Å². The molecule has 1 aromatic carbocycles. The first-order valence-corrected chi connectivity index (χ1v) is 12.2. The number of pyridine rings is 1. The van der Waals surface area contributed by atoms with E-state index in [0.717, 1.165) is 4.57 Å². The third-order valence-corrected chi connectivity index (χ3v) is 6.36. The van der Waals surface area contributed by atoms with Crippen molar-refractivity contribution in [1.82, 2.24) is 29.3 Å². The summed E-state index contributed by atoms with van der Waals surface area (Å²) in [5.74, 6) is -2.24. The highest BCUT2D eigenvalue weighted by Crippen LogP contribution is 2.49. The van der Waals surface area contributed by atoms with Crippen LogP contribution in [0.25, 0.3) is 11.4 Å². The van der Waals surface area contributed by atoms with Crippen molar-refractivity contribution in [2.75, 3.05) is 17.7 Å². The predicted molar refractivity (Wildman–Crippen MR) is 140 cm³/mol. The average molecular weight is 537 g/mol. The third kappa shape index (κ3) is 5.47. The number of hydrogen-bond donors (Lipinski definition) is 2. The molecule has 4 aromatic rings. The van der Waals surface area contributed by atoms with Crippen LogP contribution in [-0.2, 0) is 13.6 Å². The molecule has 1 saturated carbocycles. The van der Waals surface area contributed by atoms with E-state index in [1.807, 2.05) is 12.1 Å². The molecule has 11 nitrogen and oxygen atoms in total. The van der Waals surface area contributed by atoms with Crippen molar-refractivity contribution in [3.63, 3.8) is 0 Å². The summed E-state index contributed by atoms with van der Waals surface area (Å²) in [7, 11) is 3.30. The lowest BCUT2D eigenvalue weighted by Crippen LogP contribution is -2.24. The lowest BCUT2D eigenvalue weighted by molar-refractivity contribution is 0.0946. The summed E-state index contributed by atoms with van der Waals surface area (Å²) >= 11 is 0. The Labute approximate surface area is 221 Å². The molecule has 2 N–H and O–H groups in total. The highest BCUT2D eigenvalue weighted by Gasteiger charge is 2.56. The van der Waals surface area contributed by atoms with Crippen molar-refractivity contribution in [3.8, 4) is 17.1 Å². The van der Waals surface area contributed by atoms with Crippen molar-refractivity contribution in [2.45, 2.75) is 32.2 Å². The van der Waals surface area contributed by atoms with E-state index in [1.54, 1.807) is 37.1 Å². The molecule has 0 saturated heterocycles. The van der Waals surface area contributed by atoms with Crippen LogP contribution in [0.4, 0.5) is 31.8 Å². The molecule has 0 radical (unpaired) electrons. The Bertz CT molecular complexity index is 1600. The van der Waals surface area contributed by atoms with Gasteiger partial charge in [0.2, 0.25) is 0 Å². The number of hydrogen-bond acceptors (Lipinski definition) is 9. The van der Waals surface area contributed by atoms with Crippen LogP contribution in [0.1, 0.15) is 30.1 Å². The maximum absolute atomic E-state index is 13.2. The molecule has 0 bridgehead atoms. The highest BCUT2D eigenvalue weighted by molar-refractivity contribution is 6.02. The molecular weight excluding hydrogens is 510 g/mol. The number of aromatic nitrogens is 6. The van der Waals surface area contributed by atoms with Crippen molar-refractivity contribution >= 4 is 28.8 Å². The van der Waals surface area contributed by atoms with Gasteiger partial charge in [-0.2, -0.15) is 10.1 Å². The number of ether oxygens (including phenoxy) is 1. The second kappa shape index (κ2) is 10.2. The molecule has 0 aliphatic heterocycles. The molecule has 0 spiro atoms. The molecule has 3 aromatic heterocycles. The van der Waals surface area contributed by atoms with Gasteiger partial charge in [0, 0.05) is 50.8 Å². The first-order valence-electron chi connectivity index (χ1n) is 12.2. The molecular formula is C26H26F2N8O3. The zero-order chi connectivity index (χ0) is 27.7. The maximum Gasteiger partial charge on any atom is 0.349 e. The van der Waals surface area contributed by atoms with E-state index in [1.165, 1.54) is 25.6 Å². The highest BCUT2D eigenvalue weighted by atomic mass is 19.3. The quantitative estimate of drug-likeness (QED) is 0.287. The van der Waals surface area contributed by atoms with Crippen LogP contribution >= 0.6 is 0 Å². The molecule has 39 heavy (non-hydrogen) atoms. The number of rotatable bonds is 10. The number of methoxy groups -OCH3 is 1. The van der Waals surface area contributed by atoms with E-state index in [2.05, 4.69) is 30.7 Å². The fraction of sp³-hybridized carbons (Fsp3) is 0.308. The van der Waals surface area contributed by atoms with E-state index >= 15 is 0 Å². The number of benzene rings is 1. The van der Waals surface area contributed by atoms with Gasteiger partial charge in [-0.3, -0.25) is 14.0 Å². The van der Waals surface area contributed by atoms with Crippen LogP contribution in [0, 0.1) is 5.92 Å². The molecule has 13 heteroatoms. The zero-order valence-corrected chi connectivity index (χ0v) is 21.5. The van der Waals surface area contributed by atoms with Crippen LogP contribution in [0.3, 0.4) is 0 Å². The Kier molecular flexibility index (Phi) is 6.81. The van der Waals surface area contributed by atoms with Crippen LogP contribution in [-0.4, -0.2) is 48.1 Å². The second-order valence-electron chi connectivity index (χ2n) is 9.18. The fourth-order valence-electron chi connectivity index (χ4n) is 4.15. The van der Waals surface area contributed by atoms with Crippen molar-refractivity contribution in [2.24, 2.45) is 13.0 Å².